The summed E-state index contributed by atoms with van der Waals surface area (Å²) in [6.45, 7) is 2.78. The summed E-state index contributed by atoms with van der Waals surface area (Å²) in [5.41, 5.74) is 7.10. The van der Waals surface area contributed by atoms with Crippen LogP contribution in [-0.2, 0) is 6.42 Å². The summed E-state index contributed by atoms with van der Waals surface area (Å²) in [6.07, 6.45) is 7.49. The van der Waals surface area contributed by atoms with Crippen LogP contribution in [0.25, 0.3) is 0 Å². The minimum Gasteiger partial charge on any atom is -0.493 e. The molecule has 116 valence electrons. The second-order valence-electron chi connectivity index (χ2n) is 5.91. The molecule has 1 atom stereocenters. The van der Waals surface area contributed by atoms with Gasteiger partial charge >= 0.3 is 0 Å². The minimum atomic E-state index is -0.115. The Hall–Kier alpha value is -1.52. The maximum atomic E-state index is 6.02. The first-order valence-corrected chi connectivity index (χ1v) is 7.44. The van der Waals surface area contributed by atoms with E-state index in [1.165, 1.54) is 5.56 Å². The summed E-state index contributed by atoms with van der Waals surface area (Å²) >= 11 is 0. The minimum absolute atomic E-state index is 0.115. The van der Waals surface area contributed by atoms with Crippen LogP contribution in [0.2, 0.25) is 0 Å². The first-order chi connectivity index (χ1) is 10.1. The van der Waals surface area contributed by atoms with Crippen LogP contribution in [0.4, 0.5) is 0 Å². The number of nitrogens with two attached hydrogens (primary N) is 1. The monoisotopic (exact) mass is 290 g/mol. The molecule has 1 aliphatic rings. The fourth-order valence-electron chi connectivity index (χ4n) is 2.85. The third-order valence-corrected chi connectivity index (χ3v) is 4.05. The van der Waals surface area contributed by atoms with Gasteiger partial charge in [-0.15, -0.1) is 0 Å². The van der Waals surface area contributed by atoms with Gasteiger partial charge in [0.2, 0.25) is 0 Å². The second-order valence-corrected chi connectivity index (χ2v) is 5.91. The molecule has 0 saturated heterocycles. The van der Waals surface area contributed by atoms with Crippen LogP contribution in [0.3, 0.4) is 0 Å². The van der Waals surface area contributed by atoms with E-state index < -0.39 is 0 Å². The Balaban J connectivity index is 2.09. The molecule has 0 amide bonds. The van der Waals surface area contributed by atoms with Crippen molar-refractivity contribution < 1.29 is 9.47 Å². The van der Waals surface area contributed by atoms with E-state index in [1.807, 2.05) is 12.1 Å². The van der Waals surface area contributed by atoms with Crippen LogP contribution in [0.1, 0.15) is 25.3 Å². The second kappa shape index (κ2) is 6.96. The van der Waals surface area contributed by atoms with Crippen LogP contribution in [0, 0.1) is 0 Å². The zero-order valence-electron chi connectivity index (χ0n) is 13.2. The lowest BCUT2D eigenvalue weighted by Gasteiger charge is -2.33. The molecule has 0 heterocycles. The summed E-state index contributed by atoms with van der Waals surface area (Å²) in [5, 5.41) is 3.70. The average Bonchev–Trinajstić information content (AvgIpc) is 2.99. The SMILES string of the molecule is COc1ccc(CC(C)(CN)NC2CC=CC2)cc1OC. The fourth-order valence-corrected chi connectivity index (χ4v) is 2.85. The highest BCUT2D eigenvalue weighted by atomic mass is 16.5. The lowest BCUT2D eigenvalue weighted by Crippen LogP contribution is -2.54. The van der Waals surface area contributed by atoms with Gasteiger partial charge in [0.05, 0.1) is 14.2 Å². The van der Waals surface area contributed by atoms with Crippen LogP contribution >= 0.6 is 0 Å². The number of benzene rings is 1. The maximum absolute atomic E-state index is 6.02. The smallest absolute Gasteiger partial charge is 0.160 e. The van der Waals surface area contributed by atoms with Crippen molar-refractivity contribution in [2.75, 3.05) is 20.8 Å². The molecule has 0 bridgehead atoms. The lowest BCUT2D eigenvalue weighted by molar-refractivity contribution is 0.316. The van der Waals surface area contributed by atoms with Gasteiger partial charge in [-0.1, -0.05) is 18.2 Å². The summed E-state index contributed by atoms with van der Waals surface area (Å²) < 4.78 is 10.7. The van der Waals surface area contributed by atoms with Gasteiger partial charge in [-0.25, -0.2) is 0 Å². The highest BCUT2D eigenvalue weighted by Gasteiger charge is 2.27. The molecule has 1 aromatic rings. The molecule has 4 nitrogen and oxygen atoms in total. The summed E-state index contributed by atoms with van der Waals surface area (Å²) in [7, 11) is 3.31. The third-order valence-electron chi connectivity index (χ3n) is 4.05. The topological polar surface area (TPSA) is 56.5 Å². The van der Waals surface area contributed by atoms with Crippen LogP contribution in [0.5, 0.6) is 11.5 Å². The molecule has 1 unspecified atom stereocenters. The molecule has 21 heavy (non-hydrogen) atoms. The quantitative estimate of drug-likeness (QED) is 0.756. The van der Waals surface area contributed by atoms with Crippen molar-refractivity contribution in [1.29, 1.82) is 0 Å². The highest BCUT2D eigenvalue weighted by molar-refractivity contribution is 5.43. The molecule has 3 N–H and O–H groups in total. The van der Waals surface area contributed by atoms with Gasteiger partial charge in [0.15, 0.2) is 11.5 Å². The van der Waals surface area contributed by atoms with Gasteiger partial charge in [-0.2, -0.15) is 0 Å². The molecule has 0 aromatic heterocycles. The Morgan fingerprint density at radius 2 is 1.86 bits per heavy atom. The van der Waals surface area contributed by atoms with Crippen molar-refractivity contribution in [2.45, 2.75) is 37.8 Å². The van der Waals surface area contributed by atoms with E-state index >= 15 is 0 Å². The van der Waals surface area contributed by atoms with Gasteiger partial charge in [-0.3, -0.25) is 0 Å². The van der Waals surface area contributed by atoms with E-state index in [4.69, 9.17) is 15.2 Å². The summed E-state index contributed by atoms with van der Waals surface area (Å²) in [4.78, 5) is 0. The van der Waals surface area contributed by atoms with Gasteiger partial charge in [-0.05, 0) is 43.9 Å². The molecule has 0 fully saturated rings. The Labute approximate surface area is 127 Å². The van der Waals surface area contributed by atoms with Crippen molar-refractivity contribution in [2.24, 2.45) is 5.73 Å². The molecular weight excluding hydrogens is 264 g/mol. The van der Waals surface area contributed by atoms with E-state index in [0.29, 0.717) is 12.6 Å². The van der Waals surface area contributed by atoms with Crippen LogP contribution in [-0.4, -0.2) is 32.3 Å². The highest BCUT2D eigenvalue weighted by Crippen LogP contribution is 2.29. The molecular formula is C17H26N2O2. The average molecular weight is 290 g/mol. The van der Waals surface area contributed by atoms with Crippen molar-refractivity contribution in [3.05, 3.63) is 35.9 Å². The Bertz CT molecular complexity index is 494. The standard InChI is InChI=1S/C17H26N2O2/c1-17(12-18,19-14-6-4-5-7-14)11-13-8-9-15(20-2)16(10-13)21-3/h4-5,8-10,14,19H,6-7,11-12,18H2,1-3H3. The molecule has 4 heteroatoms. The molecule has 0 spiro atoms. The Morgan fingerprint density at radius 1 is 1.19 bits per heavy atom. The normalized spacial score (nSPS) is 17.7. The summed E-state index contributed by atoms with van der Waals surface area (Å²) in [6, 6.07) is 6.55. The molecule has 0 aliphatic heterocycles. The zero-order chi connectivity index (χ0) is 15.3. The fraction of sp³-hybridized carbons (Fsp3) is 0.529. The first-order valence-electron chi connectivity index (χ1n) is 7.44. The van der Waals surface area contributed by atoms with E-state index in [0.717, 1.165) is 30.8 Å². The number of methoxy groups -OCH3 is 2. The molecule has 2 rings (SSSR count). The largest absolute Gasteiger partial charge is 0.493 e. The first kappa shape index (κ1) is 15.9. The number of nitrogens with one attached hydrogen (secondary N) is 1. The van der Waals surface area contributed by atoms with Crippen molar-refractivity contribution in [3.8, 4) is 11.5 Å². The molecule has 1 aliphatic carbocycles. The van der Waals surface area contributed by atoms with Gasteiger partial charge in [0, 0.05) is 18.1 Å². The van der Waals surface area contributed by atoms with Crippen molar-refractivity contribution >= 4 is 0 Å². The lowest BCUT2D eigenvalue weighted by atomic mass is 9.91. The number of rotatable bonds is 7. The molecule has 1 aromatic carbocycles. The van der Waals surface area contributed by atoms with Crippen LogP contribution < -0.4 is 20.5 Å². The third kappa shape index (κ3) is 3.99. The number of hydrogen-bond acceptors (Lipinski definition) is 4. The van der Waals surface area contributed by atoms with E-state index in [1.54, 1.807) is 14.2 Å². The predicted molar refractivity (Wildman–Crippen MR) is 86.0 cm³/mol. The van der Waals surface area contributed by atoms with Crippen LogP contribution in [0.15, 0.2) is 30.4 Å². The maximum Gasteiger partial charge on any atom is 0.160 e. The van der Waals surface area contributed by atoms with Gasteiger partial charge < -0.3 is 20.5 Å². The number of hydrogen-bond donors (Lipinski definition) is 2. The molecule has 0 saturated carbocycles. The van der Waals surface area contributed by atoms with Crippen molar-refractivity contribution in [1.82, 2.24) is 5.32 Å². The number of ether oxygens (including phenoxy) is 2. The Kier molecular flexibility index (Phi) is 5.26. The van der Waals surface area contributed by atoms with E-state index in [9.17, 15) is 0 Å². The van der Waals surface area contributed by atoms with E-state index in [-0.39, 0.29) is 5.54 Å². The van der Waals surface area contributed by atoms with E-state index in [2.05, 4.69) is 30.5 Å². The molecule has 0 radical (unpaired) electrons. The Morgan fingerprint density at radius 3 is 2.43 bits per heavy atom. The van der Waals surface area contributed by atoms with Crippen molar-refractivity contribution in [3.63, 3.8) is 0 Å². The zero-order valence-corrected chi connectivity index (χ0v) is 13.2. The van der Waals surface area contributed by atoms with Gasteiger partial charge in [0.1, 0.15) is 0 Å². The van der Waals surface area contributed by atoms with Gasteiger partial charge in [0.25, 0.3) is 0 Å². The predicted octanol–water partition coefficient (Wildman–Crippen LogP) is 2.27. The summed E-state index contributed by atoms with van der Waals surface area (Å²) in [5.74, 6) is 1.51.